The molecule has 0 saturated heterocycles. The quantitative estimate of drug-likeness (QED) is 0.425. The van der Waals surface area contributed by atoms with Crippen LogP contribution in [0.1, 0.15) is 41.5 Å². The molecule has 0 saturated carbocycles. The molecule has 0 bridgehead atoms. The fraction of sp³-hybridized carbons (Fsp3) is 0.526. The Morgan fingerprint density at radius 3 is 2.50 bits per heavy atom. The second kappa shape index (κ2) is 9.97. The van der Waals surface area contributed by atoms with E-state index in [1.54, 1.807) is 11.8 Å². The number of aromatic nitrogens is 2. The molecule has 0 radical (unpaired) electrons. The van der Waals surface area contributed by atoms with Crippen LogP contribution in [-0.4, -0.2) is 34.9 Å². The van der Waals surface area contributed by atoms with Gasteiger partial charge in [-0.25, -0.2) is 0 Å². The monoisotopic (exact) mass is 420 g/mol. The topological polar surface area (TPSA) is 82.8 Å². The van der Waals surface area contributed by atoms with Crippen molar-refractivity contribution in [2.24, 2.45) is 15.6 Å². The van der Waals surface area contributed by atoms with Crippen molar-refractivity contribution < 1.29 is 4.79 Å². The van der Waals surface area contributed by atoms with E-state index in [4.69, 9.17) is 0 Å². The number of nitrogens with zero attached hydrogens (tertiary/aromatic N) is 5. The summed E-state index contributed by atoms with van der Waals surface area (Å²) in [5, 5.41) is 20.2. The van der Waals surface area contributed by atoms with E-state index in [0.29, 0.717) is 16.5 Å². The lowest BCUT2D eigenvalue weighted by molar-refractivity contribution is -0.123. The Bertz CT molecular complexity index is 824. The first-order chi connectivity index (χ1) is 13.3. The molecule has 0 aliphatic heterocycles. The van der Waals surface area contributed by atoms with Crippen LogP contribution >= 0.6 is 23.1 Å². The molecule has 28 heavy (non-hydrogen) atoms. The van der Waals surface area contributed by atoms with Crippen LogP contribution in [0.2, 0.25) is 0 Å². The Hall–Kier alpha value is -2.00. The highest BCUT2D eigenvalue weighted by Gasteiger charge is 2.22. The summed E-state index contributed by atoms with van der Waals surface area (Å²) in [6.45, 7) is 13.7. The van der Waals surface area contributed by atoms with Gasteiger partial charge in [-0.15, -0.1) is 20.4 Å². The number of benzene rings is 1. The molecule has 0 spiro atoms. The van der Waals surface area contributed by atoms with Gasteiger partial charge in [0.2, 0.25) is 5.91 Å². The molecule has 7 nitrogen and oxygen atoms in total. The summed E-state index contributed by atoms with van der Waals surface area (Å²) >= 11 is 3.02. The maximum atomic E-state index is 12.5. The Balaban J connectivity index is 2.34. The molecule has 152 valence electrons. The molecule has 0 fully saturated rings. The normalized spacial score (nSPS) is 11.8. The average Bonchev–Trinajstić information content (AvgIpc) is 3.09. The lowest BCUT2D eigenvalue weighted by Crippen LogP contribution is -2.28. The Labute approximate surface area is 175 Å². The largest absolute Gasteiger partial charge is 0.372 e. The lowest BCUT2D eigenvalue weighted by atomic mass is 9.95. The van der Waals surface area contributed by atoms with Gasteiger partial charge in [-0.05, 0) is 37.8 Å². The van der Waals surface area contributed by atoms with Gasteiger partial charge in [-0.1, -0.05) is 50.8 Å². The first-order valence-electron chi connectivity index (χ1n) is 9.37. The van der Waals surface area contributed by atoms with Crippen molar-refractivity contribution in [1.82, 2.24) is 10.2 Å². The number of azo groups is 1. The summed E-state index contributed by atoms with van der Waals surface area (Å²) in [5.41, 5.74) is 1.75. The molecule has 9 heteroatoms. The Morgan fingerprint density at radius 2 is 1.89 bits per heavy atom. The third-order valence-electron chi connectivity index (χ3n) is 3.95. The molecule has 0 atom stereocenters. The summed E-state index contributed by atoms with van der Waals surface area (Å²) in [7, 11) is 0. The predicted octanol–water partition coefficient (Wildman–Crippen LogP) is 5.90. The maximum absolute atomic E-state index is 12.5. The summed E-state index contributed by atoms with van der Waals surface area (Å²) in [4.78, 5) is 14.8. The van der Waals surface area contributed by atoms with Crippen LogP contribution in [0.15, 0.2) is 32.8 Å². The first-order valence-corrected chi connectivity index (χ1v) is 11.2. The van der Waals surface area contributed by atoms with Gasteiger partial charge in [0.05, 0.1) is 5.69 Å². The molecule has 1 aromatic heterocycles. The lowest BCUT2D eigenvalue weighted by Gasteiger charge is -2.23. The van der Waals surface area contributed by atoms with Gasteiger partial charge in [0.25, 0.3) is 5.13 Å². The van der Waals surface area contributed by atoms with E-state index < -0.39 is 5.41 Å². The SMILES string of the molecule is CCSc1nnc(N=Nc2ccc(N(CC)CC)cc2NC(=O)C(C)(C)C)s1. The van der Waals surface area contributed by atoms with Crippen LogP contribution in [0.25, 0.3) is 0 Å². The minimum absolute atomic E-state index is 0.0711. The highest BCUT2D eigenvalue weighted by atomic mass is 32.2. The van der Waals surface area contributed by atoms with Crippen LogP contribution in [-0.2, 0) is 4.79 Å². The number of carbonyl (C=O) groups excluding carboxylic acids is 1. The van der Waals surface area contributed by atoms with Gasteiger partial charge in [-0.2, -0.15) is 0 Å². The van der Waals surface area contributed by atoms with E-state index in [9.17, 15) is 4.79 Å². The van der Waals surface area contributed by atoms with Gasteiger partial charge in [0.1, 0.15) is 5.69 Å². The average molecular weight is 421 g/mol. The van der Waals surface area contributed by atoms with Crippen LogP contribution in [0.3, 0.4) is 0 Å². The molecule has 0 aliphatic rings. The van der Waals surface area contributed by atoms with E-state index in [1.807, 2.05) is 39.0 Å². The number of amides is 1. The Kier molecular flexibility index (Phi) is 7.94. The fourth-order valence-corrected chi connectivity index (χ4v) is 3.89. The van der Waals surface area contributed by atoms with Crippen LogP contribution in [0, 0.1) is 5.41 Å². The number of carbonyl (C=O) groups is 1. The molecule has 2 aromatic rings. The van der Waals surface area contributed by atoms with Gasteiger partial charge in [-0.3, -0.25) is 4.79 Å². The Morgan fingerprint density at radius 1 is 1.18 bits per heavy atom. The second-order valence-corrected chi connectivity index (χ2v) is 9.53. The minimum Gasteiger partial charge on any atom is -0.372 e. The predicted molar refractivity (Wildman–Crippen MR) is 119 cm³/mol. The highest BCUT2D eigenvalue weighted by Crippen LogP contribution is 2.34. The van der Waals surface area contributed by atoms with Crippen LogP contribution in [0.5, 0.6) is 0 Å². The number of rotatable bonds is 8. The van der Waals surface area contributed by atoms with Gasteiger partial charge >= 0.3 is 0 Å². The molecule has 0 unspecified atom stereocenters. The number of hydrogen-bond acceptors (Lipinski definition) is 8. The van der Waals surface area contributed by atoms with E-state index >= 15 is 0 Å². The molecule has 1 heterocycles. The van der Waals surface area contributed by atoms with E-state index in [0.717, 1.165) is 28.9 Å². The standard InChI is InChI=1S/C19H28N6OS2/c1-7-25(8-2)13-10-11-14(15(12-13)20-16(26)19(4,5)6)21-22-17-23-24-18(28-17)27-9-3/h10-12H,7-9H2,1-6H3,(H,20,26). The van der Waals surface area contributed by atoms with Crippen molar-refractivity contribution in [3.8, 4) is 0 Å². The molecule has 0 aliphatic carbocycles. The van der Waals surface area contributed by atoms with Crippen molar-refractivity contribution in [3.63, 3.8) is 0 Å². The molecule has 1 aromatic carbocycles. The number of thioether (sulfide) groups is 1. The summed E-state index contributed by atoms with van der Waals surface area (Å²) in [5.74, 6) is 0.861. The number of nitrogens with one attached hydrogen (secondary N) is 1. The second-order valence-electron chi connectivity index (χ2n) is 7.06. The van der Waals surface area contributed by atoms with Gasteiger partial charge in [0.15, 0.2) is 4.34 Å². The fourth-order valence-electron chi connectivity index (χ4n) is 2.33. The van der Waals surface area contributed by atoms with Gasteiger partial charge < -0.3 is 10.2 Å². The maximum Gasteiger partial charge on any atom is 0.252 e. The smallest absolute Gasteiger partial charge is 0.252 e. The van der Waals surface area contributed by atoms with Gasteiger partial charge in [0, 0.05) is 24.2 Å². The highest BCUT2D eigenvalue weighted by molar-refractivity contribution is 8.01. The van der Waals surface area contributed by atoms with E-state index in [1.165, 1.54) is 11.3 Å². The minimum atomic E-state index is -0.509. The van der Waals surface area contributed by atoms with Crippen molar-refractivity contribution in [2.45, 2.75) is 45.9 Å². The third kappa shape index (κ3) is 6.00. The number of hydrogen-bond donors (Lipinski definition) is 1. The first kappa shape index (κ1) is 22.3. The zero-order valence-electron chi connectivity index (χ0n) is 17.3. The zero-order chi connectivity index (χ0) is 20.7. The van der Waals surface area contributed by atoms with E-state index in [2.05, 4.69) is 51.4 Å². The van der Waals surface area contributed by atoms with Crippen molar-refractivity contribution in [1.29, 1.82) is 0 Å². The molecule has 1 N–H and O–H groups in total. The van der Waals surface area contributed by atoms with Crippen LogP contribution in [0.4, 0.5) is 22.2 Å². The summed E-state index contributed by atoms with van der Waals surface area (Å²) < 4.78 is 0.870. The van der Waals surface area contributed by atoms with E-state index in [-0.39, 0.29) is 5.91 Å². The van der Waals surface area contributed by atoms with Crippen molar-refractivity contribution >= 4 is 51.2 Å². The number of anilines is 2. The zero-order valence-corrected chi connectivity index (χ0v) is 18.9. The molecular formula is C19H28N6OS2. The molecule has 2 rings (SSSR count). The molecule has 1 amide bonds. The van der Waals surface area contributed by atoms with Crippen LogP contribution < -0.4 is 10.2 Å². The van der Waals surface area contributed by atoms with Crippen molar-refractivity contribution in [2.75, 3.05) is 29.1 Å². The summed E-state index contributed by atoms with van der Waals surface area (Å²) in [6.07, 6.45) is 0. The molecular weight excluding hydrogens is 392 g/mol. The summed E-state index contributed by atoms with van der Waals surface area (Å²) in [6, 6.07) is 5.81. The van der Waals surface area contributed by atoms with Crippen molar-refractivity contribution in [3.05, 3.63) is 18.2 Å². The third-order valence-corrected chi connectivity index (χ3v) is 5.77.